The zero-order valence-electron chi connectivity index (χ0n) is 12.5. The molecule has 0 heterocycles. The van der Waals surface area contributed by atoms with Gasteiger partial charge in [0.2, 0.25) is 5.78 Å². The molecule has 3 rings (SSSR count). The first-order valence-corrected chi connectivity index (χ1v) is 7.34. The summed E-state index contributed by atoms with van der Waals surface area (Å²) >= 11 is 0. The van der Waals surface area contributed by atoms with Crippen LogP contribution in [0.3, 0.4) is 0 Å². The number of nitrogen functional groups attached to an aromatic ring is 1. The Kier molecular flexibility index (Phi) is 4.29. The Labute approximate surface area is 135 Å². The summed E-state index contributed by atoms with van der Waals surface area (Å²) in [6, 6.07) is 25.8. The molecule has 0 aliphatic rings. The van der Waals surface area contributed by atoms with Crippen LogP contribution in [0.15, 0.2) is 89.9 Å². The minimum Gasteiger partial charge on any atom is -0.397 e. The largest absolute Gasteiger partial charge is 0.397 e. The first-order chi connectivity index (χ1) is 11.3. The van der Waals surface area contributed by atoms with Crippen LogP contribution in [0.25, 0.3) is 0 Å². The Morgan fingerprint density at radius 2 is 1.22 bits per heavy atom. The predicted octanol–water partition coefficient (Wildman–Crippen LogP) is 4.27. The number of para-hydroxylation sites is 2. The van der Waals surface area contributed by atoms with Crippen LogP contribution in [0.4, 0.5) is 11.4 Å². The van der Waals surface area contributed by atoms with Crippen LogP contribution >= 0.6 is 0 Å². The lowest BCUT2D eigenvalue weighted by Gasteiger charge is -2.08. The Balaban J connectivity index is 2.12. The number of aliphatic imine (C=N–C) groups is 1. The van der Waals surface area contributed by atoms with E-state index >= 15 is 0 Å². The highest BCUT2D eigenvalue weighted by Gasteiger charge is 2.16. The van der Waals surface area contributed by atoms with Crippen LogP contribution in [-0.4, -0.2) is 11.5 Å². The summed E-state index contributed by atoms with van der Waals surface area (Å²) < 4.78 is 0. The van der Waals surface area contributed by atoms with Crippen molar-refractivity contribution in [1.82, 2.24) is 0 Å². The first kappa shape index (κ1) is 14.7. The minimum atomic E-state index is -0.125. The maximum atomic E-state index is 12.9. The SMILES string of the molecule is Nc1ccccc1N=C(C(=O)c1ccccc1)c1ccccc1. The number of ketones is 1. The monoisotopic (exact) mass is 300 g/mol. The number of benzene rings is 3. The fourth-order valence-corrected chi connectivity index (χ4v) is 2.28. The van der Waals surface area contributed by atoms with Gasteiger partial charge in [0.15, 0.2) is 0 Å². The van der Waals surface area contributed by atoms with Crippen molar-refractivity contribution < 1.29 is 4.79 Å². The van der Waals surface area contributed by atoms with E-state index < -0.39 is 0 Å². The number of hydrogen-bond donors (Lipinski definition) is 1. The van der Waals surface area contributed by atoms with Gasteiger partial charge in [0.25, 0.3) is 0 Å². The van der Waals surface area contributed by atoms with E-state index in [2.05, 4.69) is 4.99 Å². The van der Waals surface area contributed by atoms with Gasteiger partial charge in [0, 0.05) is 11.1 Å². The van der Waals surface area contributed by atoms with Crippen molar-refractivity contribution in [2.45, 2.75) is 0 Å². The van der Waals surface area contributed by atoms with Gasteiger partial charge < -0.3 is 5.73 Å². The quantitative estimate of drug-likeness (QED) is 0.444. The summed E-state index contributed by atoms with van der Waals surface area (Å²) in [6.45, 7) is 0. The zero-order chi connectivity index (χ0) is 16.1. The van der Waals surface area contributed by atoms with E-state index in [0.29, 0.717) is 22.6 Å². The average molecular weight is 300 g/mol. The Bertz CT molecular complexity index is 840. The number of carbonyl (C=O) groups excluding carboxylic acids is 1. The normalized spacial score (nSPS) is 11.2. The van der Waals surface area contributed by atoms with Crippen molar-refractivity contribution in [2.75, 3.05) is 5.73 Å². The molecular weight excluding hydrogens is 284 g/mol. The van der Waals surface area contributed by atoms with Gasteiger partial charge in [-0.1, -0.05) is 72.8 Å². The average Bonchev–Trinajstić information content (AvgIpc) is 2.62. The zero-order valence-corrected chi connectivity index (χ0v) is 12.5. The van der Waals surface area contributed by atoms with Gasteiger partial charge in [-0.2, -0.15) is 0 Å². The van der Waals surface area contributed by atoms with Gasteiger partial charge in [-0.15, -0.1) is 0 Å². The minimum absolute atomic E-state index is 0.125. The second-order valence-electron chi connectivity index (χ2n) is 5.08. The molecule has 0 amide bonds. The number of Topliss-reactive ketones (excluding diaryl/α,β-unsaturated/α-hetero) is 1. The van der Waals surface area contributed by atoms with Crippen LogP contribution in [0.5, 0.6) is 0 Å². The van der Waals surface area contributed by atoms with Crippen LogP contribution in [0.1, 0.15) is 15.9 Å². The van der Waals surface area contributed by atoms with Crippen molar-refractivity contribution in [2.24, 2.45) is 4.99 Å². The second kappa shape index (κ2) is 6.71. The van der Waals surface area contributed by atoms with Gasteiger partial charge in [-0.05, 0) is 12.1 Å². The maximum Gasteiger partial charge on any atom is 0.211 e. The third-order valence-corrected chi connectivity index (χ3v) is 3.47. The molecule has 112 valence electrons. The molecule has 0 aliphatic carbocycles. The molecule has 3 nitrogen and oxygen atoms in total. The molecule has 0 atom stereocenters. The lowest BCUT2D eigenvalue weighted by atomic mass is 10.0. The fraction of sp³-hybridized carbons (Fsp3) is 0. The lowest BCUT2D eigenvalue weighted by Crippen LogP contribution is -2.15. The van der Waals surface area contributed by atoms with Crippen molar-refractivity contribution >= 4 is 22.9 Å². The molecule has 0 aliphatic heterocycles. The van der Waals surface area contributed by atoms with Gasteiger partial charge >= 0.3 is 0 Å². The first-order valence-electron chi connectivity index (χ1n) is 7.34. The molecule has 3 heteroatoms. The van der Waals surface area contributed by atoms with Crippen molar-refractivity contribution in [3.8, 4) is 0 Å². The molecule has 3 aromatic carbocycles. The van der Waals surface area contributed by atoms with E-state index in [0.717, 1.165) is 5.56 Å². The summed E-state index contributed by atoms with van der Waals surface area (Å²) in [7, 11) is 0. The van der Waals surface area contributed by atoms with E-state index in [1.54, 1.807) is 24.3 Å². The summed E-state index contributed by atoms with van der Waals surface area (Å²) in [6.07, 6.45) is 0. The molecule has 23 heavy (non-hydrogen) atoms. The summed E-state index contributed by atoms with van der Waals surface area (Å²) in [5, 5.41) is 0. The van der Waals surface area contributed by atoms with Crippen molar-refractivity contribution in [1.29, 1.82) is 0 Å². The summed E-state index contributed by atoms with van der Waals surface area (Å²) in [4.78, 5) is 17.4. The molecule has 0 aromatic heterocycles. The summed E-state index contributed by atoms with van der Waals surface area (Å²) in [5.41, 5.74) is 8.86. The lowest BCUT2D eigenvalue weighted by molar-refractivity contribution is 0.106. The standard InChI is InChI=1S/C20H16N2O/c21-17-13-7-8-14-18(17)22-19(15-9-3-1-4-10-15)20(23)16-11-5-2-6-12-16/h1-14H,21H2. The second-order valence-corrected chi connectivity index (χ2v) is 5.08. The Hall–Kier alpha value is -3.20. The van der Waals surface area contributed by atoms with E-state index in [9.17, 15) is 4.79 Å². The van der Waals surface area contributed by atoms with Gasteiger partial charge in [-0.25, -0.2) is 4.99 Å². The molecule has 0 bridgehead atoms. The molecule has 0 radical (unpaired) electrons. The highest BCUT2D eigenvalue weighted by molar-refractivity contribution is 6.51. The van der Waals surface area contributed by atoms with Crippen LogP contribution < -0.4 is 5.73 Å². The highest BCUT2D eigenvalue weighted by atomic mass is 16.1. The third kappa shape index (κ3) is 3.35. The van der Waals surface area contributed by atoms with Crippen LogP contribution in [-0.2, 0) is 0 Å². The number of anilines is 1. The topological polar surface area (TPSA) is 55.4 Å². The molecule has 0 unspecified atom stereocenters. The molecular formula is C20H16N2O. The van der Waals surface area contributed by atoms with E-state index in [4.69, 9.17) is 5.73 Å². The van der Waals surface area contributed by atoms with Gasteiger partial charge in [0.05, 0.1) is 11.4 Å². The number of hydrogen-bond acceptors (Lipinski definition) is 3. The van der Waals surface area contributed by atoms with Gasteiger partial charge in [0.1, 0.15) is 5.71 Å². The number of nitrogens with two attached hydrogens (primary N) is 1. The number of carbonyl (C=O) groups is 1. The molecule has 0 saturated carbocycles. The van der Waals surface area contributed by atoms with E-state index in [-0.39, 0.29) is 5.78 Å². The molecule has 0 spiro atoms. The third-order valence-electron chi connectivity index (χ3n) is 3.47. The van der Waals surface area contributed by atoms with Gasteiger partial charge in [-0.3, -0.25) is 4.79 Å². The molecule has 0 fully saturated rings. The Morgan fingerprint density at radius 1 is 0.696 bits per heavy atom. The predicted molar refractivity (Wildman–Crippen MR) is 94.3 cm³/mol. The van der Waals surface area contributed by atoms with E-state index in [1.165, 1.54) is 0 Å². The Morgan fingerprint density at radius 3 is 1.83 bits per heavy atom. The molecule has 2 N–H and O–H groups in total. The van der Waals surface area contributed by atoms with Crippen molar-refractivity contribution in [3.63, 3.8) is 0 Å². The van der Waals surface area contributed by atoms with Crippen LogP contribution in [0.2, 0.25) is 0 Å². The van der Waals surface area contributed by atoms with Crippen LogP contribution in [0, 0.1) is 0 Å². The number of nitrogens with zero attached hydrogens (tertiary/aromatic N) is 1. The van der Waals surface area contributed by atoms with E-state index in [1.807, 2.05) is 60.7 Å². The number of rotatable bonds is 4. The fourth-order valence-electron chi connectivity index (χ4n) is 2.28. The molecule has 3 aromatic rings. The summed E-state index contributed by atoms with van der Waals surface area (Å²) in [5.74, 6) is -0.125. The van der Waals surface area contributed by atoms with Crippen molar-refractivity contribution in [3.05, 3.63) is 96.1 Å². The highest BCUT2D eigenvalue weighted by Crippen LogP contribution is 2.23. The smallest absolute Gasteiger partial charge is 0.211 e. The molecule has 0 saturated heterocycles. The maximum absolute atomic E-state index is 12.9.